The van der Waals surface area contributed by atoms with Gasteiger partial charge in [-0.1, -0.05) is 62.4 Å². The molecule has 2 spiro atoms. The molecule has 0 saturated heterocycles. The molecule has 0 radical (unpaired) electrons. The normalized spacial score (nSPS) is 44.3. The first kappa shape index (κ1) is 36.0. The number of aliphatic hydroxyl groups excluding tert-OH is 1. The lowest BCUT2D eigenvalue weighted by atomic mass is 9.32. The number of Topliss-reactive ketones (excluding diaryl/α,β-unsaturated/α-hetero) is 1. The first-order chi connectivity index (χ1) is 26.3. The summed E-state index contributed by atoms with van der Waals surface area (Å²) in [4.78, 5) is 31.6. The van der Waals surface area contributed by atoms with Crippen molar-refractivity contribution in [1.29, 1.82) is 0 Å². The van der Waals surface area contributed by atoms with Gasteiger partial charge in [0.1, 0.15) is 5.75 Å². The molecule has 10 aliphatic rings. The molecule has 6 bridgehead atoms. The smallest absolute Gasteiger partial charge is 0.321 e. The van der Waals surface area contributed by atoms with Crippen LogP contribution in [0.3, 0.4) is 0 Å². The third kappa shape index (κ3) is 5.13. The fourth-order valence-corrected chi connectivity index (χ4v) is 15.6. The fraction of sp³-hybridized carbons (Fsp3) is 0.625. The predicted molar refractivity (Wildman–Crippen MR) is 214 cm³/mol. The van der Waals surface area contributed by atoms with Crippen molar-refractivity contribution in [2.45, 2.75) is 109 Å². The number of amides is 2. The maximum absolute atomic E-state index is 14.9. The molecule has 8 unspecified atom stereocenters. The predicted octanol–water partition coefficient (Wildman–Crippen LogP) is 9.22. The second kappa shape index (κ2) is 12.3. The number of benzene rings is 2. The number of rotatable bonds is 8. The Morgan fingerprint density at radius 3 is 2.11 bits per heavy atom. The molecule has 0 aliphatic heterocycles. The van der Waals surface area contributed by atoms with Gasteiger partial charge in [0.05, 0.1) is 25.4 Å². The highest BCUT2D eigenvalue weighted by atomic mass is 16.5. The van der Waals surface area contributed by atoms with Crippen LogP contribution in [0.25, 0.3) is 0 Å². The molecule has 10 aliphatic carbocycles. The van der Waals surface area contributed by atoms with E-state index in [9.17, 15) is 19.8 Å². The van der Waals surface area contributed by atoms with Crippen LogP contribution in [-0.2, 0) is 0 Å². The standard InChI is InChI=1S/C48H60N2O5/c1-43-16-13-36(51)27-46(43)19-20-48(38(28-46)41(52)34-7-5-4-6-8-34)39(43)14-17-44(2)40(48)15-18-47(44,54)30-50(42(53)49-35-9-11-37(55-3)12-10-35)29-45-24-31-21-32(25-45)23-33(22-31)26-45/h4-12,19-20,28,31-33,36,39-40,51,54H,13-18,21-27,29-30H2,1-3H3,(H,49,53). The van der Waals surface area contributed by atoms with Gasteiger partial charge >= 0.3 is 6.03 Å². The third-order valence-corrected chi connectivity index (χ3v) is 17.8. The number of carbonyl (C=O) groups excluding carboxylic acids is 2. The molecule has 2 amide bonds. The number of ketones is 1. The molecule has 7 saturated carbocycles. The summed E-state index contributed by atoms with van der Waals surface area (Å²) in [7, 11) is 1.65. The molecule has 2 aromatic rings. The van der Waals surface area contributed by atoms with E-state index in [1.165, 1.54) is 38.5 Å². The summed E-state index contributed by atoms with van der Waals surface area (Å²) < 4.78 is 5.39. The molecule has 3 N–H and O–H groups in total. The van der Waals surface area contributed by atoms with E-state index >= 15 is 0 Å². The summed E-state index contributed by atoms with van der Waals surface area (Å²) in [5, 5.41) is 27.7. The highest BCUT2D eigenvalue weighted by Gasteiger charge is 2.74. The number of ether oxygens (including phenoxy) is 1. The van der Waals surface area contributed by atoms with E-state index in [4.69, 9.17) is 4.74 Å². The van der Waals surface area contributed by atoms with Crippen LogP contribution in [0.4, 0.5) is 10.5 Å². The quantitative estimate of drug-likeness (QED) is 0.185. The minimum absolute atomic E-state index is 0.0342. The van der Waals surface area contributed by atoms with Crippen molar-refractivity contribution in [3.8, 4) is 5.75 Å². The van der Waals surface area contributed by atoms with Crippen molar-refractivity contribution in [3.63, 3.8) is 0 Å². The molecule has 12 rings (SSSR count). The van der Waals surface area contributed by atoms with E-state index in [0.29, 0.717) is 24.9 Å². The van der Waals surface area contributed by atoms with Gasteiger partial charge in [-0.3, -0.25) is 4.79 Å². The van der Waals surface area contributed by atoms with E-state index < -0.39 is 16.4 Å². The van der Waals surface area contributed by atoms with Gasteiger partial charge in [0.15, 0.2) is 5.78 Å². The number of nitrogens with one attached hydrogen (secondary N) is 1. The van der Waals surface area contributed by atoms with Gasteiger partial charge in [-0.15, -0.1) is 0 Å². The van der Waals surface area contributed by atoms with Gasteiger partial charge in [0.25, 0.3) is 0 Å². The van der Waals surface area contributed by atoms with Crippen LogP contribution in [0.1, 0.15) is 108 Å². The lowest BCUT2D eigenvalue weighted by Crippen LogP contribution is -2.67. The van der Waals surface area contributed by atoms with Crippen LogP contribution in [0.2, 0.25) is 0 Å². The number of hydrogen-bond donors (Lipinski definition) is 3. The molecule has 55 heavy (non-hydrogen) atoms. The molecule has 2 aromatic carbocycles. The van der Waals surface area contributed by atoms with Crippen molar-refractivity contribution in [2.75, 3.05) is 25.5 Å². The zero-order chi connectivity index (χ0) is 38.0. The summed E-state index contributed by atoms with van der Waals surface area (Å²) in [6.45, 7) is 5.69. The van der Waals surface area contributed by atoms with Crippen LogP contribution < -0.4 is 10.1 Å². The Kier molecular flexibility index (Phi) is 8.04. The fourth-order valence-electron chi connectivity index (χ4n) is 15.6. The zero-order valence-electron chi connectivity index (χ0n) is 33.1. The first-order valence-electron chi connectivity index (χ1n) is 21.5. The Morgan fingerprint density at radius 2 is 1.44 bits per heavy atom. The lowest BCUT2D eigenvalue weighted by molar-refractivity contribution is -0.176. The monoisotopic (exact) mass is 744 g/mol. The Morgan fingerprint density at radius 1 is 0.800 bits per heavy atom. The van der Waals surface area contributed by atoms with Crippen LogP contribution in [0, 0.1) is 56.7 Å². The minimum Gasteiger partial charge on any atom is -0.497 e. The molecule has 7 fully saturated rings. The molecule has 292 valence electrons. The average molecular weight is 745 g/mol. The van der Waals surface area contributed by atoms with Crippen LogP contribution in [-0.4, -0.2) is 58.8 Å². The molecular formula is C48H60N2O5. The van der Waals surface area contributed by atoms with Crippen molar-refractivity contribution in [2.24, 2.45) is 56.7 Å². The maximum Gasteiger partial charge on any atom is 0.321 e. The number of methoxy groups -OCH3 is 1. The Hall–Kier alpha value is -3.42. The molecule has 0 aromatic heterocycles. The first-order valence-corrected chi connectivity index (χ1v) is 21.5. The average Bonchev–Trinajstić information content (AvgIpc) is 3.44. The number of allylic oxidation sites excluding steroid dienone is 4. The molecule has 8 atom stereocenters. The van der Waals surface area contributed by atoms with Gasteiger partial charge in [0, 0.05) is 39.6 Å². The topological polar surface area (TPSA) is 99.1 Å². The van der Waals surface area contributed by atoms with Crippen LogP contribution in [0.15, 0.2) is 78.4 Å². The van der Waals surface area contributed by atoms with Gasteiger partial charge in [0.2, 0.25) is 0 Å². The summed E-state index contributed by atoms with van der Waals surface area (Å²) >= 11 is 0. The van der Waals surface area contributed by atoms with E-state index in [1.54, 1.807) is 7.11 Å². The highest BCUT2D eigenvalue weighted by molar-refractivity contribution is 6.10. The number of aliphatic hydroxyl groups is 2. The highest BCUT2D eigenvalue weighted by Crippen LogP contribution is 2.78. The largest absolute Gasteiger partial charge is 0.497 e. The molecular weight excluding hydrogens is 685 g/mol. The number of hydrogen-bond acceptors (Lipinski definition) is 5. The van der Waals surface area contributed by atoms with Gasteiger partial charge in [-0.2, -0.15) is 0 Å². The van der Waals surface area contributed by atoms with Crippen molar-refractivity contribution in [1.82, 2.24) is 4.90 Å². The van der Waals surface area contributed by atoms with Gasteiger partial charge in [-0.25, -0.2) is 4.79 Å². The second-order valence-electron chi connectivity index (χ2n) is 20.4. The van der Waals surface area contributed by atoms with Crippen LogP contribution >= 0.6 is 0 Å². The summed E-state index contributed by atoms with van der Waals surface area (Å²) in [6.07, 6.45) is 19.7. The summed E-state index contributed by atoms with van der Waals surface area (Å²) in [6, 6.07) is 17.1. The summed E-state index contributed by atoms with van der Waals surface area (Å²) in [5.41, 5.74) is -0.224. The minimum atomic E-state index is -1.12. The molecule has 7 heteroatoms. The van der Waals surface area contributed by atoms with E-state index in [0.717, 1.165) is 66.9 Å². The SMILES string of the molecule is COc1ccc(NC(=O)N(CC23CC4CC(CC(C4)C2)C3)CC2(O)CCC3C45C=CC6(C=C4C(=O)c4ccccc4)CC(O)CCC6(C)C5CCC32C)cc1. The lowest BCUT2D eigenvalue weighted by Gasteiger charge is -2.71. The zero-order valence-corrected chi connectivity index (χ0v) is 33.1. The van der Waals surface area contributed by atoms with Crippen molar-refractivity contribution >= 4 is 17.5 Å². The number of fused-ring (bicyclic) bond motifs is 1. The van der Waals surface area contributed by atoms with Crippen molar-refractivity contribution in [3.05, 3.63) is 84.0 Å². The number of carbonyl (C=O) groups is 2. The van der Waals surface area contributed by atoms with E-state index in [2.05, 4.69) is 37.4 Å². The maximum atomic E-state index is 14.9. The van der Waals surface area contributed by atoms with Gasteiger partial charge in [-0.05, 0) is 148 Å². The van der Waals surface area contributed by atoms with Crippen LogP contribution in [0.5, 0.6) is 5.75 Å². The third-order valence-electron chi connectivity index (χ3n) is 17.8. The Labute approximate surface area is 327 Å². The summed E-state index contributed by atoms with van der Waals surface area (Å²) in [5.74, 6) is 3.36. The second-order valence-corrected chi connectivity index (χ2v) is 20.4. The molecule has 7 nitrogen and oxygen atoms in total. The van der Waals surface area contributed by atoms with E-state index in [-0.39, 0.29) is 52.5 Å². The van der Waals surface area contributed by atoms with E-state index in [1.807, 2.05) is 59.5 Å². The number of anilines is 1. The Balaban J connectivity index is 1.02. The van der Waals surface area contributed by atoms with Crippen molar-refractivity contribution < 1.29 is 24.5 Å². The van der Waals surface area contributed by atoms with Gasteiger partial charge < -0.3 is 25.2 Å². The number of nitrogens with zero attached hydrogens (tertiary/aromatic N) is 1. The molecule has 0 heterocycles. The Bertz CT molecular complexity index is 1900. The number of urea groups is 1.